The second-order valence-corrected chi connectivity index (χ2v) is 6.44. The predicted molar refractivity (Wildman–Crippen MR) is 92.9 cm³/mol. The number of likely N-dealkylation sites (tertiary alicyclic amines) is 1. The Labute approximate surface area is 138 Å². The first kappa shape index (κ1) is 16.0. The molecule has 0 radical (unpaired) electrons. The Morgan fingerprint density at radius 1 is 1.17 bits per heavy atom. The summed E-state index contributed by atoms with van der Waals surface area (Å²) in [5.74, 6) is 1.41. The van der Waals surface area contributed by atoms with Crippen LogP contribution < -0.4 is 4.74 Å². The molecule has 2 aromatic rings. The van der Waals surface area contributed by atoms with E-state index in [0.29, 0.717) is 19.1 Å². The number of nitrogens with zero attached hydrogens (tertiary/aromatic N) is 1. The van der Waals surface area contributed by atoms with Crippen molar-refractivity contribution in [2.45, 2.75) is 25.4 Å². The zero-order valence-corrected chi connectivity index (χ0v) is 13.7. The summed E-state index contributed by atoms with van der Waals surface area (Å²) in [4.78, 5) is 2.34. The Morgan fingerprint density at radius 3 is 2.78 bits per heavy atom. The van der Waals surface area contributed by atoms with Gasteiger partial charge in [-0.3, -0.25) is 0 Å². The van der Waals surface area contributed by atoms with Gasteiger partial charge in [0.05, 0.1) is 0 Å². The van der Waals surface area contributed by atoms with Crippen LogP contribution in [0.1, 0.15) is 23.5 Å². The predicted octanol–water partition coefficient (Wildman–Crippen LogP) is 3.22. The van der Waals surface area contributed by atoms with Crippen molar-refractivity contribution < 1.29 is 9.84 Å². The largest absolute Gasteiger partial charge is 0.491 e. The summed E-state index contributed by atoms with van der Waals surface area (Å²) in [6, 6.07) is 18.6. The lowest BCUT2D eigenvalue weighted by molar-refractivity contribution is 0.0754. The molecule has 2 atom stereocenters. The van der Waals surface area contributed by atoms with E-state index < -0.39 is 6.10 Å². The van der Waals surface area contributed by atoms with E-state index in [1.165, 1.54) is 11.1 Å². The number of aryl methyl sites for hydroxylation is 1. The van der Waals surface area contributed by atoms with Crippen LogP contribution in [0.5, 0.6) is 5.75 Å². The van der Waals surface area contributed by atoms with Crippen molar-refractivity contribution >= 4 is 0 Å². The first-order valence-electron chi connectivity index (χ1n) is 8.35. The number of aliphatic hydroxyl groups is 1. The van der Waals surface area contributed by atoms with Crippen LogP contribution in [0.2, 0.25) is 0 Å². The van der Waals surface area contributed by atoms with Gasteiger partial charge in [0.2, 0.25) is 0 Å². The lowest BCUT2D eigenvalue weighted by atomic mass is 9.99. The fraction of sp³-hybridized carbons (Fsp3) is 0.400. The molecule has 0 amide bonds. The van der Waals surface area contributed by atoms with Gasteiger partial charge in [-0.05, 0) is 49.1 Å². The third kappa shape index (κ3) is 4.57. The molecular formula is C20H25NO2. The van der Waals surface area contributed by atoms with Gasteiger partial charge in [0, 0.05) is 13.1 Å². The zero-order chi connectivity index (χ0) is 16.1. The SMILES string of the molecule is Cc1cccc(OCC(O)CN2CCC(c3ccccc3)C2)c1. The van der Waals surface area contributed by atoms with Crippen molar-refractivity contribution in [2.75, 3.05) is 26.2 Å². The smallest absolute Gasteiger partial charge is 0.119 e. The van der Waals surface area contributed by atoms with Crippen molar-refractivity contribution in [1.29, 1.82) is 0 Å². The molecule has 3 heteroatoms. The molecule has 1 saturated heterocycles. The monoisotopic (exact) mass is 311 g/mol. The number of ether oxygens (including phenoxy) is 1. The maximum Gasteiger partial charge on any atom is 0.119 e. The van der Waals surface area contributed by atoms with Gasteiger partial charge < -0.3 is 14.7 Å². The van der Waals surface area contributed by atoms with E-state index in [4.69, 9.17) is 4.74 Å². The maximum atomic E-state index is 10.2. The van der Waals surface area contributed by atoms with Crippen LogP contribution in [0.25, 0.3) is 0 Å². The molecule has 1 heterocycles. The lowest BCUT2D eigenvalue weighted by Crippen LogP contribution is -2.34. The van der Waals surface area contributed by atoms with Gasteiger partial charge in [-0.25, -0.2) is 0 Å². The van der Waals surface area contributed by atoms with Gasteiger partial charge in [-0.15, -0.1) is 0 Å². The second kappa shape index (κ2) is 7.62. The highest BCUT2D eigenvalue weighted by Crippen LogP contribution is 2.26. The molecule has 1 aliphatic rings. The van der Waals surface area contributed by atoms with Crippen LogP contribution in [0.15, 0.2) is 54.6 Å². The summed E-state index contributed by atoms with van der Waals surface area (Å²) in [7, 11) is 0. The van der Waals surface area contributed by atoms with Crippen LogP contribution in [-0.4, -0.2) is 42.4 Å². The van der Waals surface area contributed by atoms with Crippen molar-refractivity contribution in [3.05, 3.63) is 65.7 Å². The Bertz CT molecular complexity index is 614. The summed E-state index contributed by atoms with van der Waals surface area (Å²) in [5, 5.41) is 10.2. The Hall–Kier alpha value is -1.84. The first-order chi connectivity index (χ1) is 11.2. The van der Waals surface area contributed by atoms with Gasteiger partial charge >= 0.3 is 0 Å². The van der Waals surface area contributed by atoms with E-state index >= 15 is 0 Å². The molecule has 1 N–H and O–H groups in total. The standard InChI is InChI=1S/C20H25NO2/c1-16-6-5-9-20(12-16)23-15-19(22)14-21-11-10-18(13-21)17-7-3-2-4-8-17/h2-9,12,18-19,22H,10-11,13-15H2,1H3. The fourth-order valence-corrected chi connectivity index (χ4v) is 3.24. The van der Waals surface area contributed by atoms with Crippen LogP contribution in [-0.2, 0) is 0 Å². The molecule has 0 aliphatic carbocycles. The normalized spacial score (nSPS) is 19.7. The third-order valence-electron chi connectivity index (χ3n) is 4.44. The number of hydrogen-bond acceptors (Lipinski definition) is 3. The molecule has 2 unspecified atom stereocenters. The van der Waals surface area contributed by atoms with E-state index in [0.717, 1.165) is 25.3 Å². The van der Waals surface area contributed by atoms with Gasteiger partial charge in [-0.2, -0.15) is 0 Å². The van der Waals surface area contributed by atoms with Crippen molar-refractivity contribution in [3.63, 3.8) is 0 Å². The quantitative estimate of drug-likeness (QED) is 0.889. The summed E-state index contributed by atoms with van der Waals surface area (Å²) >= 11 is 0. The highest BCUT2D eigenvalue weighted by molar-refractivity contribution is 5.27. The number of aliphatic hydroxyl groups excluding tert-OH is 1. The molecule has 1 aliphatic heterocycles. The van der Waals surface area contributed by atoms with Crippen molar-refractivity contribution in [2.24, 2.45) is 0 Å². The molecule has 0 saturated carbocycles. The molecule has 0 bridgehead atoms. The molecule has 3 nitrogen and oxygen atoms in total. The Morgan fingerprint density at radius 2 is 2.00 bits per heavy atom. The molecule has 23 heavy (non-hydrogen) atoms. The maximum absolute atomic E-state index is 10.2. The van der Waals surface area contributed by atoms with Crippen molar-refractivity contribution in [1.82, 2.24) is 4.90 Å². The number of β-amino-alcohol motifs (C(OH)–C–C–N with tert-alkyl or cyclic N) is 1. The second-order valence-electron chi connectivity index (χ2n) is 6.44. The molecule has 0 aromatic heterocycles. The van der Waals surface area contributed by atoms with E-state index in [1.54, 1.807) is 0 Å². The molecule has 1 fully saturated rings. The summed E-state index contributed by atoms with van der Waals surface area (Å²) in [5.41, 5.74) is 2.57. The highest BCUT2D eigenvalue weighted by Gasteiger charge is 2.25. The van der Waals surface area contributed by atoms with Crippen LogP contribution in [0.3, 0.4) is 0 Å². The molecule has 0 spiro atoms. The van der Waals surface area contributed by atoms with Crippen LogP contribution in [0.4, 0.5) is 0 Å². The Kier molecular flexibility index (Phi) is 5.31. The van der Waals surface area contributed by atoms with E-state index in [9.17, 15) is 5.11 Å². The zero-order valence-electron chi connectivity index (χ0n) is 13.7. The summed E-state index contributed by atoms with van der Waals surface area (Å²) < 4.78 is 5.69. The van der Waals surface area contributed by atoms with E-state index in [2.05, 4.69) is 35.2 Å². The minimum atomic E-state index is -0.454. The topological polar surface area (TPSA) is 32.7 Å². The first-order valence-corrected chi connectivity index (χ1v) is 8.35. The van der Waals surface area contributed by atoms with Gasteiger partial charge in [0.1, 0.15) is 18.5 Å². The van der Waals surface area contributed by atoms with Gasteiger partial charge in [0.15, 0.2) is 0 Å². The summed E-state index contributed by atoms with van der Waals surface area (Å²) in [6.07, 6.45) is 0.709. The fourth-order valence-electron chi connectivity index (χ4n) is 3.24. The number of hydrogen-bond donors (Lipinski definition) is 1. The van der Waals surface area contributed by atoms with Gasteiger partial charge in [0.25, 0.3) is 0 Å². The van der Waals surface area contributed by atoms with E-state index in [1.807, 2.05) is 31.2 Å². The highest BCUT2D eigenvalue weighted by atomic mass is 16.5. The third-order valence-corrected chi connectivity index (χ3v) is 4.44. The number of rotatable bonds is 6. The van der Waals surface area contributed by atoms with Crippen molar-refractivity contribution in [3.8, 4) is 5.75 Å². The lowest BCUT2D eigenvalue weighted by Gasteiger charge is -2.20. The molecule has 122 valence electrons. The minimum absolute atomic E-state index is 0.343. The average Bonchev–Trinajstić information content (AvgIpc) is 3.02. The average molecular weight is 311 g/mol. The molecule has 3 rings (SSSR count). The molecule has 2 aromatic carbocycles. The van der Waals surface area contributed by atoms with E-state index in [-0.39, 0.29) is 0 Å². The number of benzene rings is 2. The van der Waals surface area contributed by atoms with Crippen LogP contribution in [0, 0.1) is 6.92 Å². The van der Waals surface area contributed by atoms with Gasteiger partial charge in [-0.1, -0.05) is 42.5 Å². The summed E-state index contributed by atoms with van der Waals surface area (Å²) in [6.45, 7) is 5.12. The molecular weight excluding hydrogens is 286 g/mol. The Balaban J connectivity index is 1.45. The minimum Gasteiger partial charge on any atom is -0.491 e. The van der Waals surface area contributed by atoms with Crippen LogP contribution >= 0.6 is 0 Å².